The number of rotatable bonds is 1. The first-order valence-electron chi connectivity index (χ1n) is 7.10. The molecule has 3 rings (SSSR count). The summed E-state index contributed by atoms with van der Waals surface area (Å²) in [6.07, 6.45) is 1.87. The minimum atomic E-state index is -0.696. The van der Waals surface area contributed by atoms with E-state index in [1.165, 1.54) is 0 Å². The van der Waals surface area contributed by atoms with Crippen LogP contribution in [0, 0.1) is 12.7 Å². The Morgan fingerprint density at radius 1 is 1.19 bits per heavy atom. The first-order valence-corrected chi connectivity index (χ1v) is 7.10. The molecular formula is C15H20BFN2O2. The zero-order valence-corrected chi connectivity index (χ0v) is 13.3. The highest BCUT2D eigenvalue weighted by molar-refractivity contribution is 6.62. The van der Waals surface area contributed by atoms with E-state index >= 15 is 0 Å². The Hall–Kier alpha value is -1.40. The van der Waals surface area contributed by atoms with Crippen molar-refractivity contribution in [1.82, 2.24) is 9.78 Å². The van der Waals surface area contributed by atoms with E-state index in [4.69, 9.17) is 9.31 Å². The highest BCUT2D eigenvalue weighted by Gasteiger charge is 2.52. The molecule has 0 radical (unpaired) electrons. The SMILES string of the molecule is Cc1c(F)c(B2OC(C)(C)C(C)(C)O2)cc2cn(C)nc12. The number of aryl methyl sites for hydroxylation is 2. The van der Waals surface area contributed by atoms with Crippen molar-refractivity contribution in [1.29, 1.82) is 0 Å². The minimum absolute atomic E-state index is 0.306. The number of aromatic nitrogens is 2. The number of hydrogen-bond donors (Lipinski definition) is 0. The predicted octanol–water partition coefficient (Wildman–Crippen LogP) is 2.32. The lowest BCUT2D eigenvalue weighted by atomic mass is 9.77. The summed E-state index contributed by atoms with van der Waals surface area (Å²) in [6.45, 7) is 9.57. The van der Waals surface area contributed by atoms with E-state index in [1.807, 2.05) is 40.9 Å². The molecule has 1 aromatic heterocycles. The predicted molar refractivity (Wildman–Crippen MR) is 81.1 cm³/mol. The fourth-order valence-corrected chi connectivity index (χ4v) is 2.60. The van der Waals surface area contributed by atoms with Crippen molar-refractivity contribution < 1.29 is 13.7 Å². The van der Waals surface area contributed by atoms with Crippen molar-refractivity contribution in [3.63, 3.8) is 0 Å². The van der Waals surface area contributed by atoms with Gasteiger partial charge in [-0.05, 0) is 40.7 Å². The number of nitrogens with zero attached hydrogens (tertiary/aromatic N) is 2. The average Bonchev–Trinajstić information content (AvgIpc) is 2.82. The molecule has 112 valence electrons. The number of fused-ring (bicyclic) bond motifs is 1. The molecule has 2 heterocycles. The monoisotopic (exact) mass is 290 g/mol. The maximum atomic E-state index is 14.7. The first-order chi connectivity index (χ1) is 9.62. The molecule has 0 saturated carbocycles. The van der Waals surface area contributed by atoms with Crippen molar-refractivity contribution in [3.05, 3.63) is 23.6 Å². The summed E-state index contributed by atoms with van der Waals surface area (Å²) in [7, 11) is 1.13. The topological polar surface area (TPSA) is 36.3 Å². The Kier molecular flexibility index (Phi) is 2.98. The van der Waals surface area contributed by atoms with Gasteiger partial charge in [0.05, 0.1) is 16.7 Å². The van der Waals surface area contributed by atoms with Gasteiger partial charge in [0.25, 0.3) is 0 Å². The van der Waals surface area contributed by atoms with E-state index in [9.17, 15) is 4.39 Å². The van der Waals surface area contributed by atoms with Gasteiger partial charge in [-0.25, -0.2) is 4.39 Å². The average molecular weight is 290 g/mol. The zero-order valence-electron chi connectivity index (χ0n) is 13.3. The smallest absolute Gasteiger partial charge is 0.399 e. The molecule has 0 atom stereocenters. The van der Waals surface area contributed by atoms with Crippen molar-refractivity contribution in [2.45, 2.75) is 45.8 Å². The van der Waals surface area contributed by atoms with Crippen molar-refractivity contribution in [2.75, 3.05) is 0 Å². The van der Waals surface area contributed by atoms with Crippen LogP contribution in [0.3, 0.4) is 0 Å². The molecule has 1 aliphatic rings. The minimum Gasteiger partial charge on any atom is -0.399 e. The van der Waals surface area contributed by atoms with Gasteiger partial charge in [0.15, 0.2) is 0 Å². The lowest BCUT2D eigenvalue weighted by Crippen LogP contribution is -2.41. The molecule has 1 fully saturated rings. The van der Waals surface area contributed by atoms with Gasteiger partial charge in [0, 0.05) is 29.7 Å². The highest BCUT2D eigenvalue weighted by atomic mass is 19.1. The fourth-order valence-electron chi connectivity index (χ4n) is 2.60. The van der Waals surface area contributed by atoms with Crippen LogP contribution in [0.2, 0.25) is 0 Å². The molecule has 0 spiro atoms. The van der Waals surface area contributed by atoms with Crippen LogP contribution in [-0.4, -0.2) is 28.1 Å². The summed E-state index contributed by atoms with van der Waals surface area (Å²) in [5.74, 6) is -0.306. The molecule has 0 bridgehead atoms. The lowest BCUT2D eigenvalue weighted by molar-refractivity contribution is 0.00578. The Morgan fingerprint density at radius 2 is 1.76 bits per heavy atom. The van der Waals surface area contributed by atoms with Gasteiger partial charge in [-0.1, -0.05) is 0 Å². The number of benzene rings is 1. The van der Waals surface area contributed by atoms with Gasteiger partial charge < -0.3 is 9.31 Å². The van der Waals surface area contributed by atoms with Gasteiger partial charge >= 0.3 is 7.12 Å². The largest absolute Gasteiger partial charge is 0.497 e. The van der Waals surface area contributed by atoms with Gasteiger partial charge in [0.2, 0.25) is 0 Å². The van der Waals surface area contributed by atoms with E-state index in [-0.39, 0.29) is 5.82 Å². The fraction of sp³-hybridized carbons (Fsp3) is 0.533. The van der Waals surface area contributed by atoms with Crippen LogP contribution in [0.25, 0.3) is 10.9 Å². The number of hydrogen-bond acceptors (Lipinski definition) is 3. The number of halogens is 1. The normalized spacial score (nSPS) is 20.4. The Morgan fingerprint density at radius 3 is 2.33 bits per heavy atom. The summed E-state index contributed by atoms with van der Waals surface area (Å²) in [4.78, 5) is 0. The third-order valence-electron chi connectivity index (χ3n) is 4.61. The molecule has 0 aliphatic carbocycles. The van der Waals surface area contributed by atoms with E-state index in [0.29, 0.717) is 16.5 Å². The van der Waals surface area contributed by atoms with Gasteiger partial charge in [-0.2, -0.15) is 5.10 Å². The standard InChI is InChI=1S/C15H20BFN2O2/c1-9-12(17)11(7-10-8-19(6)18-13(9)10)16-20-14(2,3)15(4,5)21-16/h7-8H,1-6H3. The second-order valence-electron chi connectivity index (χ2n) is 6.73. The van der Waals surface area contributed by atoms with Crippen molar-refractivity contribution in [2.24, 2.45) is 7.05 Å². The van der Waals surface area contributed by atoms with Crippen LogP contribution < -0.4 is 5.46 Å². The Balaban J connectivity index is 2.12. The molecule has 1 saturated heterocycles. The summed E-state index contributed by atoms with van der Waals surface area (Å²) < 4.78 is 28.3. The Bertz CT molecular complexity index is 708. The van der Waals surface area contributed by atoms with Crippen molar-refractivity contribution in [3.8, 4) is 0 Å². The first kappa shape index (κ1) is 14.5. The molecule has 6 heteroatoms. The van der Waals surface area contributed by atoms with Gasteiger partial charge in [-0.15, -0.1) is 0 Å². The van der Waals surface area contributed by atoms with Crippen LogP contribution in [0.5, 0.6) is 0 Å². The zero-order chi connectivity index (χ0) is 15.6. The second-order valence-corrected chi connectivity index (χ2v) is 6.73. The molecule has 21 heavy (non-hydrogen) atoms. The molecule has 1 aliphatic heterocycles. The van der Waals surface area contributed by atoms with Crippen LogP contribution >= 0.6 is 0 Å². The molecular weight excluding hydrogens is 270 g/mol. The molecule has 0 N–H and O–H groups in total. The van der Waals surface area contributed by atoms with Gasteiger partial charge in [0.1, 0.15) is 5.82 Å². The summed E-state index contributed by atoms with van der Waals surface area (Å²) in [5, 5.41) is 5.18. The third-order valence-corrected chi connectivity index (χ3v) is 4.61. The molecule has 4 nitrogen and oxygen atoms in total. The van der Waals surface area contributed by atoms with Crippen molar-refractivity contribution >= 4 is 23.5 Å². The summed E-state index contributed by atoms with van der Waals surface area (Å²) in [6, 6.07) is 1.77. The van der Waals surface area contributed by atoms with Crippen LogP contribution in [0.1, 0.15) is 33.3 Å². The van der Waals surface area contributed by atoms with Crippen LogP contribution in [0.15, 0.2) is 12.3 Å². The third kappa shape index (κ3) is 2.08. The Labute approximate surface area is 124 Å². The molecule has 0 unspecified atom stereocenters. The van der Waals surface area contributed by atoms with E-state index in [0.717, 1.165) is 5.39 Å². The lowest BCUT2D eigenvalue weighted by Gasteiger charge is -2.32. The summed E-state index contributed by atoms with van der Waals surface area (Å²) >= 11 is 0. The quantitative estimate of drug-likeness (QED) is 0.756. The summed E-state index contributed by atoms with van der Waals surface area (Å²) in [5.41, 5.74) is 0.670. The van der Waals surface area contributed by atoms with Crippen LogP contribution in [0.4, 0.5) is 4.39 Å². The molecule has 2 aromatic rings. The van der Waals surface area contributed by atoms with E-state index in [2.05, 4.69) is 5.10 Å². The van der Waals surface area contributed by atoms with E-state index in [1.54, 1.807) is 17.7 Å². The highest BCUT2D eigenvalue weighted by Crippen LogP contribution is 2.37. The van der Waals surface area contributed by atoms with E-state index < -0.39 is 18.3 Å². The molecule has 1 aromatic carbocycles. The van der Waals surface area contributed by atoms with Crippen LogP contribution in [-0.2, 0) is 16.4 Å². The van der Waals surface area contributed by atoms with Gasteiger partial charge in [-0.3, -0.25) is 4.68 Å². The maximum Gasteiger partial charge on any atom is 0.497 e. The second kappa shape index (κ2) is 4.30. The maximum absolute atomic E-state index is 14.7. The molecule has 0 amide bonds.